The Labute approximate surface area is 203 Å². The van der Waals surface area contributed by atoms with Gasteiger partial charge < -0.3 is 37.9 Å². The summed E-state index contributed by atoms with van der Waals surface area (Å²) in [6, 6.07) is 3.00. The number of hydrogen-bond acceptors (Lipinski definition) is 14. The van der Waals surface area contributed by atoms with Crippen molar-refractivity contribution in [2.45, 2.75) is 24.2 Å². The van der Waals surface area contributed by atoms with Crippen LogP contribution in [0.15, 0.2) is 18.5 Å². The Morgan fingerprint density at radius 1 is 1.06 bits per heavy atom. The Balaban J connectivity index is 2.18. The summed E-state index contributed by atoms with van der Waals surface area (Å²) in [5.41, 5.74) is -3.07. The van der Waals surface area contributed by atoms with Gasteiger partial charge in [-0.15, -0.1) is 0 Å². The Morgan fingerprint density at radius 2 is 1.75 bits per heavy atom. The molecule has 0 aromatic carbocycles. The average Bonchev–Trinajstić information content (AvgIpc) is 3.44. The van der Waals surface area contributed by atoms with E-state index < -0.39 is 55.1 Å². The number of aromatic nitrogens is 3. The number of hydrogen-bond donors (Lipinski definition) is 1. The molecule has 196 valence electrons. The zero-order valence-corrected chi connectivity index (χ0v) is 20.0. The number of ether oxygens (including phenoxy) is 8. The molecule has 2 aromatic rings. The molecule has 3 heterocycles. The van der Waals surface area contributed by atoms with E-state index in [1.54, 1.807) is 0 Å². The van der Waals surface area contributed by atoms with E-state index in [2.05, 4.69) is 29.6 Å². The number of rotatable bonds is 6. The molecule has 16 heteroatoms. The monoisotopic (exact) mass is 512 g/mol. The number of carbonyl (C=O) groups is 4. The number of fused-ring (bicyclic) bond motifs is 1. The number of carbonyl (C=O) groups excluding carboxylic acids is 4. The number of anilines is 1. The van der Waals surface area contributed by atoms with Crippen molar-refractivity contribution in [3.8, 4) is 0 Å². The molecule has 1 unspecified atom stereocenters. The number of amides is 1. The van der Waals surface area contributed by atoms with Crippen molar-refractivity contribution in [1.29, 1.82) is 0 Å². The number of nitrogens with one attached hydrogen (secondary N) is 1. The summed E-state index contributed by atoms with van der Waals surface area (Å²) >= 11 is 0. The van der Waals surface area contributed by atoms with Gasteiger partial charge in [-0.25, -0.2) is 28.7 Å². The van der Waals surface area contributed by atoms with Crippen molar-refractivity contribution in [1.82, 2.24) is 14.6 Å². The van der Waals surface area contributed by atoms with E-state index >= 15 is 0 Å². The minimum atomic E-state index is -1.90. The second kappa shape index (κ2) is 10.5. The summed E-state index contributed by atoms with van der Waals surface area (Å²) < 4.78 is 41.8. The maximum Gasteiger partial charge on any atom is 0.509 e. The third kappa shape index (κ3) is 4.88. The lowest BCUT2D eigenvalue weighted by Crippen LogP contribution is -2.54. The van der Waals surface area contributed by atoms with Gasteiger partial charge in [-0.1, -0.05) is 0 Å². The molecule has 0 aliphatic carbocycles. The molecule has 3 rings (SSSR count). The van der Waals surface area contributed by atoms with Crippen LogP contribution >= 0.6 is 0 Å². The van der Waals surface area contributed by atoms with Crippen LogP contribution in [0.1, 0.15) is 12.6 Å². The van der Waals surface area contributed by atoms with Gasteiger partial charge in [-0.2, -0.15) is 5.10 Å². The summed E-state index contributed by atoms with van der Waals surface area (Å²) in [4.78, 5) is 52.0. The fourth-order valence-corrected chi connectivity index (χ4v) is 3.69. The standard InChI is InChI=1S/C20H24N4O12/c1-19(8-33-16(26)30-3)14(35-17(27)31-4)20(9-34-19,36-18(28)32-5)12-7-6-11-13(23-15(25)29-2)21-10-22-24(11)12/h6-7,10,14H,8-9H2,1-5H3,(H,21,22,23,25)/t14-,19-,20?/m1/s1. The van der Waals surface area contributed by atoms with Gasteiger partial charge in [0.15, 0.2) is 11.9 Å². The minimum Gasteiger partial charge on any atom is -0.453 e. The Morgan fingerprint density at radius 3 is 2.39 bits per heavy atom. The molecule has 1 fully saturated rings. The van der Waals surface area contributed by atoms with Gasteiger partial charge >= 0.3 is 24.6 Å². The van der Waals surface area contributed by atoms with Gasteiger partial charge in [-0.05, 0) is 19.1 Å². The molecule has 0 bridgehead atoms. The van der Waals surface area contributed by atoms with E-state index in [4.69, 9.17) is 23.7 Å². The smallest absolute Gasteiger partial charge is 0.453 e. The fourth-order valence-electron chi connectivity index (χ4n) is 3.69. The largest absolute Gasteiger partial charge is 0.509 e. The summed E-state index contributed by atoms with van der Waals surface area (Å²) in [5, 5.41) is 6.61. The highest BCUT2D eigenvalue weighted by Crippen LogP contribution is 2.46. The van der Waals surface area contributed by atoms with Gasteiger partial charge in [0.2, 0.25) is 5.60 Å². The normalized spacial score (nSPS) is 22.9. The lowest BCUT2D eigenvalue weighted by molar-refractivity contribution is -0.128. The number of nitrogens with zero attached hydrogens (tertiary/aromatic N) is 3. The first-order valence-electron chi connectivity index (χ1n) is 10.2. The predicted octanol–water partition coefficient (Wildman–Crippen LogP) is 1.61. The highest BCUT2D eigenvalue weighted by molar-refractivity contribution is 5.88. The zero-order valence-electron chi connectivity index (χ0n) is 20.0. The quantitative estimate of drug-likeness (QED) is 0.435. The molecule has 1 N–H and O–H groups in total. The molecular formula is C20H24N4O12. The summed E-state index contributed by atoms with van der Waals surface area (Å²) in [6.07, 6.45) is -4.45. The van der Waals surface area contributed by atoms with E-state index in [9.17, 15) is 19.2 Å². The minimum absolute atomic E-state index is 0.0671. The van der Waals surface area contributed by atoms with Crippen LogP contribution in [0.5, 0.6) is 0 Å². The van der Waals surface area contributed by atoms with Gasteiger partial charge in [-0.3, -0.25) is 5.32 Å². The van der Waals surface area contributed by atoms with Crippen molar-refractivity contribution < 1.29 is 57.1 Å². The van der Waals surface area contributed by atoms with Crippen molar-refractivity contribution in [3.05, 3.63) is 24.2 Å². The Bertz CT molecular complexity index is 1150. The van der Waals surface area contributed by atoms with E-state index in [1.165, 1.54) is 30.7 Å². The van der Waals surface area contributed by atoms with E-state index in [1.807, 2.05) is 0 Å². The molecule has 2 aromatic heterocycles. The van der Waals surface area contributed by atoms with Crippen LogP contribution in [0.3, 0.4) is 0 Å². The molecule has 0 saturated carbocycles. The van der Waals surface area contributed by atoms with E-state index in [0.29, 0.717) is 0 Å². The molecule has 1 amide bonds. The van der Waals surface area contributed by atoms with Gasteiger partial charge in [0, 0.05) is 0 Å². The van der Waals surface area contributed by atoms with Crippen molar-refractivity contribution in [3.63, 3.8) is 0 Å². The Kier molecular flexibility index (Phi) is 7.67. The lowest BCUT2D eigenvalue weighted by Gasteiger charge is -2.36. The second-order valence-corrected chi connectivity index (χ2v) is 7.48. The van der Waals surface area contributed by atoms with Crippen LogP contribution in [0.25, 0.3) is 5.52 Å². The van der Waals surface area contributed by atoms with Crippen molar-refractivity contribution in [2.75, 3.05) is 47.0 Å². The molecule has 36 heavy (non-hydrogen) atoms. The first-order valence-corrected chi connectivity index (χ1v) is 10.2. The predicted molar refractivity (Wildman–Crippen MR) is 114 cm³/mol. The third-order valence-corrected chi connectivity index (χ3v) is 5.34. The second-order valence-electron chi connectivity index (χ2n) is 7.48. The summed E-state index contributed by atoms with van der Waals surface area (Å²) in [6.45, 7) is 0.586. The molecule has 16 nitrogen and oxygen atoms in total. The highest BCUT2D eigenvalue weighted by Gasteiger charge is 2.65. The van der Waals surface area contributed by atoms with Crippen molar-refractivity contribution >= 4 is 35.9 Å². The van der Waals surface area contributed by atoms with E-state index in [-0.39, 0.29) is 17.0 Å². The maximum atomic E-state index is 12.4. The molecule has 1 saturated heterocycles. The van der Waals surface area contributed by atoms with Crippen LogP contribution in [0.2, 0.25) is 0 Å². The topological polar surface area (TPSA) is 184 Å². The molecular weight excluding hydrogens is 488 g/mol. The van der Waals surface area contributed by atoms with Crippen molar-refractivity contribution in [2.24, 2.45) is 0 Å². The average molecular weight is 512 g/mol. The first kappa shape index (κ1) is 26.3. The lowest BCUT2D eigenvalue weighted by atomic mass is 9.86. The van der Waals surface area contributed by atoms with Gasteiger partial charge in [0.05, 0.1) is 40.7 Å². The summed E-state index contributed by atoms with van der Waals surface area (Å²) in [7, 11) is 4.45. The molecule has 0 spiro atoms. The number of methoxy groups -OCH3 is 4. The molecule has 1 aliphatic heterocycles. The molecule has 3 atom stereocenters. The van der Waals surface area contributed by atoms with Crippen LogP contribution in [-0.4, -0.2) is 92.5 Å². The van der Waals surface area contributed by atoms with Crippen LogP contribution in [-0.2, 0) is 43.5 Å². The van der Waals surface area contributed by atoms with Gasteiger partial charge in [0.1, 0.15) is 24.1 Å². The Hall–Kier alpha value is -4.34. The summed E-state index contributed by atoms with van der Waals surface area (Å²) in [5.74, 6) is 0.0671. The maximum absolute atomic E-state index is 12.4. The van der Waals surface area contributed by atoms with Crippen LogP contribution < -0.4 is 5.32 Å². The van der Waals surface area contributed by atoms with Crippen LogP contribution in [0.4, 0.5) is 25.0 Å². The van der Waals surface area contributed by atoms with Gasteiger partial charge in [0.25, 0.3) is 0 Å². The molecule has 1 aliphatic rings. The van der Waals surface area contributed by atoms with E-state index in [0.717, 1.165) is 27.7 Å². The fraction of sp³-hybridized carbons (Fsp3) is 0.500. The highest BCUT2D eigenvalue weighted by atomic mass is 16.8. The third-order valence-electron chi connectivity index (χ3n) is 5.34. The first-order chi connectivity index (χ1) is 17.1. The molecule has 0 radical (unpaired) electrons. The van der Waals surface area contributed by atoms with Crippen LogP contribution in [0, 0.1) is 0 Å². The SMILES string of the molecule is COC(=O)Nc1ncnn2c(C3(OC(=O)OC)CO[C@](C)(COC(=O)OC)[C@H]3OC(=O)OC)ccc12. The zero-order chi connectivity index (χ0) is 26.5.